The van der Waals surface area contributed by atoms with E-state index >= 15 is 0 Å². The Hall–Kier alpha value is -3.95. The first-order chi connectivity index (χ1) is 18.0. The molecule has 2 aliphatic rings. The lowest BCUT2D eigenvalue weighted by Crippen LogP contribution is -2.35. The van der Waals surface area contributed by atoms with E-state index in [2.05, 4.69) is 15.1 Å². The normalized spacial score (nSPS) is 15.9. The molecule has 0 atom stereocenters. The molecule has 0 radical (unpaired) electrons. The largest absolute Gasteiger partial charge is 0.493 e. The molecule has 0 spiro atoms. The molecule has 2 aliphatic heterocycles. The molecule has 10 heteroatoms. The predicted molar refractivity (Wildman–Crippen MR) is 147 cm³/mol. The Balaban J connectivity index is 1.21. The summed E-state index contributed by atoms with van der Waals surface area (Å²) in [5.41, 5.74) is 2.71. The smallest absolute Gasteiger partial charge is 0.283 e. The van der Waals surface area contributed by atoms with Crippen molar-refractivity contribution in [1.29, 1.82) is 5.41 Å². The van der Waals surface area contributed by atoms with Crippen LogP contribution >= 0.6 is 23.4 Å². The summed E-state index contributed by atoms with van der Waals surface area (Å²) >= 11 is 7.66. The Kier molecular flexibility index (Phi) is 7.34. The number of aliphatic imine (C=N–C) groups is 1. The number of hydrazone groups is 1. The van der Waals surface area contributed by atoms with Crippen molar-refractivity contribution in [3.8, 4) is 11.5 Å². The van der Waals surface area contributed by atoms with Gasteiger partial charge in [0.15, 0.2) is 5.84 Å². The molecule has 1 amide bonds. The second-order valence-corrected chi connectivity index (χ2v) is 9.59. The van der Waals surface area contributed by atoms with E-state index in [1.165, 1.54) is 16.8 Å². The lowest BCUT2D eigenvalue weighted by molar-refractivity contribution is -0.114. The zero-order valence-electron chi connectivity index (χ0n) is 19.8. The molecular formula is C27H22ClN5O3S. The first-order valence-electron chi connectivity index (χ1n) is 11.5. The number of fused-ring (bicyclic) bond motifs is 1. The third kappa shape index (κ3) is 5.73. The van der Waals surface area contributed by atoms with Crippen molar-refractivity contribution in [2.45, 2.75) is 13.3 Å². The van der Waals surface area contributed by atoms with E-state index in [0.29, 0.717) is 46.2 Å². The Morgan fingerprint density at radius 2 is 1.97 bits per heavy atom. The van der Waals surface area contributed by atoms with E-state index in [1.807, 2.05) is 37.3 Å². The summed E-state index contributed by atoms with van der Waals surface area (Å²) in [7, 11) is 0. The van der Waals surface area contributed by atoms with Gasteiger partial charge in [-0.25, -0.2) is 0 Å². The standard InChI is InChI=1S/C27H22ClN5O3S/c1-17-5-2-7-20(13-17)35-11-4-12-36-23-9-8-18(15-22(23)28)14-21-24(29)33-27(31-25(21)34)37-26(32-33)19-6-3-10-30-16-19/h2-3,5-10,13-16,29H,4,11-12H2,1H3. The molecule has 1 aromatic heterocycles. The Labute approximate surface area is 223 Å². The molecule has 0 bridgehead atoms. The molecule has 3 heterocycles. The number of pyridine rings is 1. The number of carbonyl (C=O) groups excluding carboxylic acids is 1. The molecule has 0 saturated heterocycles. The maximum absolute atomic E-state index is 12.7. The molecule has 8 nitrogen and oxygen atoms in total. The lowest BCUT2D eigenvalue weighted by atomic mass is 10.1. The highest BCUT2D eigenvalue weighted by Gasteiger charge is 2.36. The number of hydrogen-bond donors (Lipinski definition) is 1. The number of carbonyl (C=O) groups is 1. The van der Waals surface area contributed by atoms with Crippen molar-refractivity contribution in [2.24, 2.45) is 10.1 Å². The van der Waals surface area contributed by atoms with E-state index in [0.717, 1.165) is 16.9 Å². The summed E-state index contributed by atoms with van der Waals surface area (Å²) in [5.74, 6) is 0.815. The van der Waals surface area contributed by atoms with Gasteiger partial charge in [-0.15, -0.1) is 0 Å². The average molecular weight is 532 g/mol. The summed E-state index contributed by atoms with van der Waals surface area (Å²) in [6, 6.07) is 16.8. The van der Waals surface area contributed by atoms with E-state index in [4.69, 9.17) is 26.5 Å². The highest BCUT2D eigenvalue weighted by Crippen LogP contribution is 2.32. The number of nitrogens with zero attached hydrogens (tertiary/aromatic N) is 4. The monoisotopic (exact) mass is 531 g/mol. The summed E-state index contributed by atoms with van der Waals surface area (Å²) in [5, 5.41) is 15.8. The second kappa shape index (κ2) is 11.0. The molecule has 0 unspecified atom stereocenters. The molecule has 3 aromatic rings. The Morgan fingerprint density at radius 1 is 1.11 bits per heavy atom. The van der Waals surface area contributed by atoms with Gasteiger partial charge in [0, 0.05) is 24.4 Å². The number of nitrogens with one attached hydrogen (secondary N) is 1. The van der Waals surface area contributed by atoms with Gasteiger partial charge in [0.1, 0.15) is 16.5 Å². The van der Waals surface area contributed by atoms with Crippen LogP contribution in [0.2, 0.25) is 5.02 Å². The van der Waals surface area contributed by atoms with Crippen LogP contribution in [0.4, 0.5) is 0 Å². The van der Waals surface area contributed by atoms with Crippen LogP contribution in [-0.2, 0) is 4.79 Å². The van der Waals surface area contributed by atoms with Crippen molar-refractivity contribution in [2.75, 3.05) is 13.2 Å². The maximum Gasteiger partial charge on any atom is 0.283 e. The molecule has 0 saturated carbocycles. The minimum atomic E-state index is -0.503. The van der Waals surface area contributed by atoms with Gasteiger partial charge < -0.3 is 9.47 Å². The molecule has 2 aromatic carbocycles. The Morgan fingerprint density at radius 3 is 2.76 bits per heavy atom. The molecular weight excluding hydrogens is 510 g/mol. The van der Waals surface area contributed by atoms with E-state index in [1.54, 1.807) is 42.7 Å². The van der Waals surface area contributed by atoms with Crippen molar-refractivity contribution >= 4 is 51.4 Å². The Bertz CT molecular complexity index is 1460. The summed E-state index contributed by atoms with van der Waals surface area (Å²) in [6.45, 7) is 2.99. The fourth-order valence-electron chi connectivity index (χ4n) is 3.62. The minimum Gasteiger partial charge on any atom is -0.493 e. The zero-order valence-corrected chi connectivity index (χ0v) is 21.4. The molecule has 0 aliphatic carbocycles. The van der Waals surface area contributed by atoms with Gasteiger partial charge >= 0.3 is 0 Å². The quantitative estimate of drug-likeness (QED) is 0.302. The van der Waals surface area contributed by atoms with Crippen LogP contribution < -0.4 is 9.47 Å². The van der Waals surface area contributed by atoms with Crippen LogP contribution in [0.1, 0.15) is 23.1 Å². The van der Waals surface area contributed by atoms with Gasteiger partial charge in [0.05, 0.1) is 23.8 Å². The number of aryl methyl sites for hydroxylation is 1. The van der Waals surface area contributed by atoms with Gasteiger partial charge in [-0.1, -0.05) is 29.8 Å². The zero-order chi connectivity index (χ0) is 25.8. The summed E-state index contributed by atoms with van der Waals surface area (Å²) in [4.78, 5) is 20.9. The third-order valence-electron chi connectivity index (χ3n) is 5.43. The first-order valence-corrected chi connectivity index (χ1v) is 12.7. The van der Waals surface area contributed by atoms with Gasteiger partial charge in [0.2, 0.25) is 5.17 Å². The van der Waals surface area contributed by atoms with Crippen molar-refractivity contribution in [3.05, 3.63) is 94.3 Å². The number of halogens is 1. The van der Waals surface area contributed by atoms with Crippen LogP contribution in [0.25, 0.3) is 6.08 Å². The van der Waals surface area contributed by atoms with Crippen LogP contribution in [-0.4, -0.2) is 45.2 Å². The fourth-order valence-corrected chi connectivity index (χ4v) is 4.75. The highest BCUT2D eigenvalue weighted by molar-refractivity contribution is 8.27. The lowest BCUT2D eigenvalue weighted by Gasteiger charge is -2.20. The van der Waals surface area contributed by atoms with E-state index in [9.17, 15) is 4.79 Å². The first kappa shape index (κ1) is 24.7. The van der Waals surface area contributed by atoms with Crippen molar-refractivity contribution in [1.82, 2.24) is 9.99 Å². The number of amides is 1. The summed E-state index contributed by atoms with van der Waals surface area (Å²) in [6.07, 6.45) is 5.62. The average Bonchev–Trinajstić information content (AvgIpc) is 3.32. The molecule has 1 N–H and O–H groups in total. The number of hydrogen-bond acceptors (Lipinski definition) is 7. The number of rotatable bonds is 8. The number of ether oxygens (including phenoxy) is 2. The number of amidine groups is 2. The fraction of sp³-hybridized carbons (Fsp3) is 0.148. The molecule has 37 heavy (non-hydrogen) atoms. The molecule has 186 valence electrons. The number of aromatic nitrogens is 1. The van der Waals surface area contributed by atoms with Gasteiger partial charge in [0.25, 0.3) is 5.91 Å². The molecule has 5 rings (SSSR count). The van der Waals surface area contributed by atoms with Crippen LogP contribution in [0.5, 0.6) is 11.5 Å². The number of benzene rings is 2. The van der Waals surface area contributed by atoms with Gasteiger partial charge in [-0.05, 0) is 72.3 Å². The van der Waals surface area contributed by atoms with Crippen LogP contribution in [0.3, 0.4) is 0 Å². The number of thioether (sulfide) groups is 1. The summed E-state index contributed by atoms with van der Waals surface area (Å²) < 4.78 is 11.5. The maximum atomic E-state index is 12.7. The topological polar surface area (TPSA) is 100 Å². The van der Waals surface area contributed by atoms with Crippen molar-refractivity contribution < 1.29 is 14.3 Å². The highest BCUT2D eigenvalue weighted by atomic mass is 35.5. The predicted octanol–water partition coefficient (Wildman–Crippen LogP) is 5.56. The van der Waals surface area contributed by atoms with E-state index in [-0.39, 0.29) is 11.4 Å². The van der Waals surface area contributed by atoms with Gasteiger partial charge in [-0.2, -0.15) is 15.1 Å². The second-order valence-electron chi connectivity index (χ2n) is 8.22. The van der Waals surface area contributed by atoms with E-state index < -0.39 is 5.91 Å². The third-order valence-corrected chi connectivity index (χ3v) is 6.69. The van der Waals surface area contributed by atoms with Crippen molar-refractivity contribution in [3.63, 3.8) is 0 Å². The minimum absolute atomic E-state index is 0.0496. The molecule has 0 fully saturated rings. The van der Waals surface area contributed by atoms with Crippen LogP contribution in [0, 0.1) is 12.3 Å². The van der Waals surface area contributed by atoms with Crippen LogP contribution in [0.15, 0.2) is 82.7 Å². The SMILES string of the molecule is Cc1cccc(OCCCOc2ccc(C=C3C(=N)N4N=C(c5cccnc5)SC4=NC3=O)cc2Cl)c1. The van der Waals surface area contributed by atoms with Gasteiger partial charge in [-0.3, -0.25) is 15.2 Å².